The van der Waals surface area contributed by atoms with E-state index in [4.69, 9.17) is 4.42 Å². The summed E-state index contributed by atoms with van der Waals surface area (Å²) in [6.07, 6.45) is 5.45. The monoisotopic (exact) mass is 371 g/mol. The summed E-state index contributed by atoms with van der Waals surface area (Å²) in [7, 11) is 1.85. The van der Waals surface area contributed by atoms with Gasteiger partial charge in [-0.1, -0.05) is 0 Å². The lowest BCUT2D eigenvalue weighted by molar-refractivity contribution is -0.126. The molecule has 0 N–H and O–H groups in total. The topological polar surface area (TPSA) is 74.8 Å². The number of hydrogen-bond donors (Lipinski definition) is 0. The van der Waals surface area contributed by atoms with Crippen molar-refractivity contribution >= 4 is 17.5 Å². The van der Waals surface area contributed by atoms with E-state index >= 15 is 0 Å². The maximum absolute atomic E-state index is 13.0. The standard InChI is InChI=1S/C19H25N5O3/c1-14-5-6-17(27-14)19(26)23-10-8-22(9-11-23)16-4-3-7-24(18(16)25)15-12-20-21(2)13-15/h5-6,12-13,16H,3-4,7-11H2,1-2H3. The van der Waals surface area contributed by atoms with Crippen molar-refractivity contribution in [1.29, 1.82) is 0 Å². The SMILES string of the molecule is Cc1ccc(C(=O)N2CCN(C3CCCN(c4cnn(C)c4)C3=O)CC2)o1. The summed E-state index contributed by atoms with van der Waals surface area (Å²) in [4.78, 5) is 31.4. The molecule has 8 heteroatoms. The van der Waals surface area contributed by atoms with Gasteiger partial charge in [0.1, 0.15) is 5.76 Å². The Bertz CT molecular complexity index is 834. The number of rotatable bonds is 3. The molecule has 1 atom stereocenters. The van der Waals surface area contributed by atoms with Crippen molar-refractivity contribution in [2.24, 2.45) is 7.05 Å². The van der Waals surface area contributed by atoms with Crippen molar-refractivity contribution < 1.29 is 14.0 Å². The predicted octanol–water partition coefficient (Wildman–Crippen LogP) is 1.27. The van der Waals surface area contributed by atoms with E-state index in [1.54, 1.807) is 27.9 Å². The van der Waals surface area contributed by atoms with Crippen LogP contribution >= 0.6 is 0 Å². The van der Waals surface area contributed by atoms with E-state index in [9.17, 15) is 9.59 Å². The van der Waals surface area contributed by atoms with Crippen molar-refractivity contribution in [3.05, 3.63) is 36.0 Å². The van der Waals surface area contributed by atoms with E-state index in [2.05, 4.69) is 10.00 Å². The largest absolute Gasteiger partial charge is 0.456 e. The molecule has 2 fully saturated rings. The average Bonchev–Trinajstić information content (AvgIpc) is 3.30. The van der Waals surface area contributed by atoms with Crippen molar-refractivity contribution in [3.63, 3.8) is 0 Å². The number of nitrogens with zero attached hydrogens (tertiary/aromatic N) is 5. The van der Waals surface area contributed by atoms with Crippen molar-refractivity contribution in [2.75, 3.05) is 37.6 Å². The van der Waals surface area contributed by atoms with Gasteiger partial charge in [0, 0.05) is 46.0 Å². The Balaban J connectivity index is 1.39. The highest BCUT2D eigenvalue weighted by Crippen LogP contribution is 2.24. The molecule has 0 saturated carbocycles. The van der Waals surface area contributed by atoms with Gasteiger partial charge in [-0.05, 0) is 31.9 Å². The third-order valence-corrected chi connectivity index (χ3v) is 5.41. The summed E-state index contributed by atoms with van der Waals surface area (Å²) in [6.45, 7) is 5.17. The van der Waals surface area contributed by atoms with Crippen LogP contribution in [0.25, 0.3) is 0 Å². The van der Waals surface area contributed by atoms with E-state index < -0.39 is 0 Å². The van der Waals surface area contributed by atoms with Crippen LogP contribution in [0.3, 0.4) is 0 Å². The molecule has 0 aromatic carbocycles. The number of amides is 2. The van der Waals surface area contributed by atoms with Gasteiger partial charge < -0.3 is 14.2 Å². The molecule has 2 aliphatic rings. The lowest BCUT2D eigenvalue weighted by Crippen LogP contribution is -2.58. The zero-order chi connectivity index (χ0) is 19.0. The highest BCUT2D eigenvalue weighted by Gasteiger charge is 2.36. The second-order valence-corrected chi connectivity index (χ2v) is 7.26. The molecule has 4 heterocycles. The molecule has 27 heavy (non-hydrogen) atoms. The number of piperazine rings is 1. The Labute approximate surface area is 158 Å². The molecular formula is C19H25N5O3. The predicted molar refractivity (Wildman–Crippen MR) is 99.5 cm³/mol. The maximum atomic E-state index is 13.0. The number of anilines is 1. The first-order valence-electron chi connectivity index (χ1n) is 9.43. The van der Waals surface area contributed by atoms with Crippen LogP contribution < -0.4 is 4.90 Å². The maximum Gasteiger partial charge on any atom is 0.289 e. The highest BCUT2D eigenvalue weighted by atomic mass is 16.3. The summed E-state index contributed by atoms with van der Waals surface area (Å²) in [5.41, 5.74) is 0.856. The van der Waals surface area contributed by atoms with Gasteiger partial charge in [-0.15, -0.1) is 0 Å². The van der Waals surface area contributed by atoms with Crippen LogP contribution in [0.15, 0.2) is 28.9 Å². The van der Waals surface area contributed by atoms with Crippen LogP contribution in [0.2, 0.25) is 0 Å². The van der Waals surface area contributed by atoms with Gasteiger partial charge in [0.05, 0.1) is 17.9 Å². The lowest BCUT2D eigenvalue weighted by atomic mass is 10.0. The van der Waals surface area contributed by atoms with E-state index in [-0.39, 0.29) is 17.9 Å². The molecule has 0 spiro atoms. The molecule has 8 nitrogen and oxygen atoms in total. The van der Waals surface area contributed by atoms with Gasteiger partial charge in [-0.25, -0.2) is 0 Å². The third kappa shape index (κ3) is 3.49. The Morgan fingerprint density at radius 1 is 1.19 bits per heavy atom. The van der Waals surface area contributed by atoms with Crippen LogP contribution in [0, 0.1) is 6.92 Å². The fourth-order valence-electron chi connectivity index (χ4n) is 3.94. The van der Waals surface area contributed by atoms with Crippen LogP contribution in [-0.4, -0.2) is 70.2 Å². The number of carbonyl (C=O) groups is 2. The minimum atomic E-state index is -0.123. The molecule has 144 valence electrons. The molecule has 2 aromatic heterocycles. The van der Waals surface area contributed by atoms with Gasteiger partial charge in [0.2, 0.25) is 5.91 Å². The van der Waals surface area contributed by atoms with Crippen molar-refractivity contribution in [2.45, 2.75) is 25.8 Å². The van der Waals surface area contributed by atoms with Crippen molar-refractivity contribution in [1.82, 2.24) is 19.6 Å². The summed E-state index contributed by atoms with van der Waals surface area (Å²) in [5.74, 6) is 1.18. The minimum absolute atomic E-state index is 0.0743. The smallest absolute Gasteiger partial charge is 0.289 e. The Morgan fingerprint density at radius 3 is 2.59 bits per heavy atom. The molecule has 1 unspecified atom stereocenters. The van der Waals surface area contributed by atoms with E-state index in [0.717, 1.165) is 30.8 Å². The van der Waals surface area contributed by atoms with Crippen molar-refractivity contribution in [3.8, 4) is 0 Å². The second kappa shape index (κ2) is 7.19. The molecule has 2 aliphatic heterocycles. The highest BCUT2D eigenvalue weighted by molar-refractivity contribution is 5.97. The van der Waals surface area contributed by atoms with Gasteiger partial charge in [0.25, 0.3) is 5.91 Å². The van der Waals surface area contributed by atoms with E-state index in [1.165, 1.54) is 0 Å². The van der Waals surface area contributed by atoms with Gasteiger partial charge in [-0.3, -0.25) is 19.2 Å². The fraction of sp³-hybridized carbons (Fsp3) is 0.526. The molecular weight excluding hydrogens is 346 g/mol. The normalized spacial score (nSPS) is 21.7. The molecule has 0 bridgehead atoms. The number of carbonyl (C=O) groups excluding carboxylic acids is 2. The lowest BCUT2D eigenvalue weighted by Gasteiger charge is -2.42. The molecule has 0 aliphatic carbocycles. The zero-order valence-corrected chi connectivity index (χ0v) is 15.8. The van der Waals surface area contributed by atoms with E-state index in [0.29, 0.717) is 31.9 Å². The first-order valence-corrected chi connectivity index (χ1v) is 9.43. The first kappa shape index (κ1) is 17.8. The number of aromatic nitrogens is 2. The summed E-state index contributed by atoms with van der Waals surface area (Å²) >= 11 is 0. The van der Waals surface area contributed by atoms with Gasteiger partial charge in [0.15, 0.2) is 5.76 Å². The second-order valence-electron chi connectivity index (χ2n) is 7.26. The van der Waals surface area contributed by atoms with Crippen LogP contribution in [0.5, 0.6) is 0 Å². The minimum Gasteiger partial charge on any atom is -0.456 e. The van der Waals surface area contributed by atoms with Crippen LogP contribution in [-0.2, 0) is 11.8 Å². The third-order valence-electron chi connectivity index (χ3n) is 5.41. The molecule has 4 rings (SSSR count). The average molecular weight is 371 g/mol. The first-order chi connectivity index (χ1) is 13.0. The summed E-state index contributed by atoms with van der Waals surface area (Å²) < 4.78 is 7.17. The van der Waals surface area contributed by atoms with Crippen LogP contribution in [0.4, 0.5) is 5.69 Å². The summed E-state index contributed by atoms with van der Waals surface area (Å²) in [5, 5.41) is 4.18. The van der Waals surface area contributed by atoms with Gasteiger partial charge in [-0.2, -0.15) is 5.10 Å². The molecule has 2 aromatic rings. The molecule has 2 saturated heterocycles. The van der Waals surface area contributed by atoms with E-state index in [1.807, 2.05) is 25.1 Å². The molecule has 2 amide bonds. The number of piperidine rings is 1. The Morgan fingerprint density at radius 2 is 1.96 bits per heavy atom. The zero-order valence-electron chi connectivity index (χ0n) is 15.8. The number of hydrogen-bond acceptors (Lipinski definition) is 5. The fourth-order valence-corrected chi connectivity index (χ4v) is 3.94. The molecule has 0 radical (unpaired) electrons. The quantitative estimate of drug-likeness (QED) is 0.812. The summed E-state index contributed by atoms with van der Waals surface area (Å²) in [6, 6.07) is 3.40. The number of furan rings is 1. The number of aryl methyl sites for hydroxylation is 2. The van der Waals surface area contributed by atoms with Crippen LogP contribution in [0.1, 0.15) is 29.2 Å². The van der Waals surface area contributed by atoms with Gasteiger partial charge >= 0.3 is 0 Å². The Hall–Kier alpha value is -2.61. The Kier molecular flexibility index (Phi) is 4.73.